The lowest BCUT2D eigenvalue weighted by Gasteiger charge is -2.10. The topological polar surface area (TPSA) is 81.7 Å². The number of methoxy groups -OCH3 is 1. The van der Waals surface area contributed by atoms with Crippen molar-refractivity contribution in [2.24, 2.45) is 0 Å². The number of anilines is 3. The Bertz CT molecular complexity index is 1000. The molecule has 0 unspecified atom stereocenters. The van der Waals surface area contributed by atoms with Crippen LogP contribution in [0.5, 0.6) is 17.2 Å². The Balaban J connectivity index is 1.47. The predicted molar refractivity (Wildman–Crippen MR) is 104 cm³/mol. The number of ether oxygens (including phenoxy) is 3. The summed E-state index contributed by atoms with van der Waals surface area (Å²) >= 11 is 1.34. The highest BCUT2D eigenvalue weighted by molar-refractivity contribution is 7.14. The number of carbonyl (C=O) groups excluding carboxylic acids is 1. The molecule has 1 aliphatic rings. The fraction of sp³-hybridized carbons (Fsp3) is 0.158. The molecule has 2 aromatic carbocycles. The highest BCUT2D eigenvalue weighted by atomic mass is 32.1. The third-order valence-corrected chi connectivity index (χ3v) is 4.72. The molecule has 2 heterocycles. The lowest BCUT2D eigenvalue weighted by Crippen LogP contribution is -2.13. The number of nitrogens with one attached hydrogen (secondary N) is 2. The normalized spacial score (nSPS) is 11.9. The van der Waals surface area contributed by atoms with Crippen molar-refractivity contribution in [3.8, 4) is 17.2 Å². The molecule has 8 heteroatoms. The summed E-state index contributed by atoms with van der Waals surface area (Å²) in [6, 6.07) is 11.1. The Morgan fingerprint density at radius 3 is 2.89 bits per heavy atom. The van der Waals surface area contributed by atoms with Crippen LogP contribution in [-0.4, -0.2) is 24.8 Å². The number of benzene rings is 2. The second kappa shape index (κ2) is 7.16. The summed E-state index contributed by atoms with van der Waals surface area (Å²) in [5.74, 6) is 1.70. The van der Waals surface area contributed by atoms with Gasteiger partial charge in [-0.2, -0.15) is 0 Å². The smallest absolute Gasteiger partial charge is 0.275 e. The van der Waals surface area contributed by atoms with Crippen LogP contribution in [0.1, 0.15) is 16.1 Å². The number of hydrogen-bond acceptors (Lipinski definition) is 7. The van der Waals surface area contributed by atoms with Crippen molar-refractivity contribution in [3.63, 3.8) is 0 Å². The van der Waals surface area contributed by atoms with E-state index >= 15 is 0 Å². The SMILES string of the molecule is COc1ccc(C)cc1NC(=O)c1csc(Nc2ccc3c(c2)OCO3)n1. The van der Waals surface area contributed by atoms with Crippen molar-refractivity contribution in [1.82, 2.24) is 4.98 Å². The second-order valence-electron chi connectivity index (χ2n) is 5.89. The van der Waals surface area contributed by atoms with Gasteiger partial charge in [-0.15, -0.1) is 11.3 Å². The van der Waals surface area contributed by atoms with Crippen molar-refractivity contribution in [1.29, 1.82) is 0 Å². The molecular weight excluding hydrogens is 366 g/mol. The van der Waals surface area contributed by atoms with Gasteiger partial charge in [-0.3, -0.25) is 4.79 Å². The van der Waals surface area contributed by atoms with Gasteiger partial charge >= 0.3 is 0 Å². The number of thiazole rings is 1. The van der Waals surface area contributed by atoms with Gasteiger partial charge in [0.15, 0.2) is 16.6 Å². The molecule has 2 N–H and O–H groups in total. The molecule has 0 fully saturated rings. The molecule has 0 spiro atoms. The zero-order valence-corrected chi connectivity index (χ0v) is 15.6. The molecule has 3 aromatic rings. The summed E-state index contributed by atoms with van der Waals surface area (Å²) < 4.78 is 16.0. The van der Waals surface area contributed by atoms with Crippen LogP contribution < -0.4 is 24.8 Å². The third kappa shape index (κ3) is 3.65. The number of carbonyl (C=O) groups is 1. The maximum Gasteiger partial charge on any atom is 0.275 e. The van der Waals surface area contributed by atoms with E-state index in [0.29, 0.717) is 33.8 Å². The van der Waals surface area contributed by atoms with Crippen molar-refractivity contribution >= 4 is 33.8 Å². The summed E-state index contributed by atoms with van der Waals surface area (Å²) in [5.41, 5.74) is 2.77. The maximum absolute atomic E-state index is 12.5. The van der Waals surface area contributed by atoms with Crippen LogP contribution in [0.25, 0.3) is 0 Å². The van der Waals surface area contributed by atoms with Crippen molar-refractivity contribution in [2.45, 2.75) is 6.92 Å². The van der Waals surface area contributed by atoms with Crippen LogP contribution in [0.2, 0.25) is 0 Å². The monoisotopic (exact) mass is 383 g/mol. The Morgan fingerprint density at radius 1 is 1.19 bits per heavy atom. The number of fused-ring (bicyclic) bond motifs is 1. The molecule has 4 rings (SSSR count). The highest BCUT2D eigenvalue weighted by Crippen LogP contribution is 2.35. The molecule has 0 saturated carbocycles. The van der Waals surface area contributed by atoms with Crippen LogP contribution in [0.4, 0.5) is 16.5 Å². The van der Waals surface area contributed by atoms with Gasteiger partial charge in [0, 0.05) is 17.1 Å². The van der Waals surface area contributed by atoms with Crippen molar-refractivity contribution in [3.05, 3.63) is 53.0 Å². The molecule has 7 nitrogen and oxygen atoms in total. The van der Waals surface area contributed by atoms with Crippen molar-refractivity contribution in [2.75, 3.05) is 24.5 Å². The van der Waals surface area contributed by atoms with Crippen molar-refractivity contribution < 1.29 is 19.0 Å². The minimum Gasteiger partial charge on any atom is -0.495 e. The minimum atomic E-state index is -0.297. The standard InChI is InChI=1S/C19H17N3O4S/c1-11-3-5-15(24-2)13(7-11)21-18(23)14-9-27-19(22-14)20-12-4-6-16-17(8-12)26-10-25-16/h3-9H,10H2,1-2H3,(H,20,22)(H,21,23). The lowest BCUT2D eigenvalue weighted by molar-refractivity contribution is 0.102. The first kappa shape index (κ1) is 17.2. The van der Waals surface area contributed by atoms with E-state index in [1.807, 2.05) is 43.3 Å². The maximum atomic E-state index is 12.5. The van der Waals surface area contributed by atoms with Gasteiger partial charge in [-0.25, -0.2) is 4.98 Å². The molecule has 0 aliphatic carbocycles. The van der Waals surface area contributed by atoms with Crippen LogP contribution >= 0.6 is 11.3 Å². The van der Waals surface area contributed by atoms with Gasteiger partial charge in [0.25, 0.3) is 5.91 Å². The molecule has 0 atom stereocenters. The highest BCUT2D eigenvalue weighted by Gasteiger charge is 2.16. The fourth-order valence-electron chi connectivity index (χ4n) is 2.64. The van der Waals surface area contributed by atoms with Gasteiger partial charge in [-0.05, 0) is 36.8 Å². The summed E-state index contributed by atoms with van der Waals surface area (Å²) in [4.78, 5) is 16.9. The average molecular weight is 383 g/mol. The molecule has 1 aromatic heterocycles. The molecular formula is C19H17N3O4S. The summed E-state index contributed by atoms with van der Waals surface area (Å²) in [6.45, 7) is 2.17. The largest absolute Gasteiger partial charge is 0.495 e. The number of hydrogen-bond donors (Lipinski definition) is 2. The van der Waals surface area contributed by atoms with E-state index < -0.39 is 0 Å². The number of aromatic nitrogens is 1. The van der Waals surface area contributed by atoms with Crippen LogP contribution in [0.3, 0.4) is 0 Å². The zero-order chi connectivity index (χ0) is 18.8. The van der Waals surface area contributed by atoms with E-state index in [1.165, 1.54) is 11.3 Å². The molecule has 0 radical (unpaired) electrons. The van der Waals surface area contributed by atoms with Gasteiger partial charge in [0.05, 0.1) is 12.8 Å². The van der Waals surface area contributed by atoms with Crippen LogP contribution in [0.15, 0.2) is 41.8 Å². The number of aryl methyl sites for hydroxylation is 1. The third-order valence-electron chi connectivity index (χ3n) is 3.96. The Morgan fingerprint density at radius 2 is 2.04 bits per heavy atom. The van der Waals surface area contributed by atoms with Crippen LogP contribution in [0, 0.1) is 6.92 Å². The molecule has 1 amide bonds. The fourth-order valence-corrected chi connectivity index (χ4v) is 3.35. The van der Waals surface area contributed by atoms with E-state index in [0.717, 1.165) is 11.3 Å². The summed E-state index contributed by atoms with van der Waals surface area (Å²) in [5, 5.41) is 8.33. The van der Waals surface area contributed by atoms with E-state index in [-0.39, 0.29) is 12.7 Å². The Hall–Kier alpha value is -3.26. The van der Waals surface area contributed by atoms with E-state index in [1.54, 1.807) is 12.5 Å². The Labute approximate surface area is 159 Å². The first-order valence-electron chi connectivity index (χ1n) is 8.20. The number of nitrogens with zero attached hydrogens (tertiary/aromatic N) is 1. The first-order chi connectivity index (χ1) is 13.1. The summed E-state index contributed by atoms with van der Waals surface area (Å²) in [6.07, 6.45) is 0. The Kier molecular flexibility index (Phi) is 4.55. The first-order valence-corrected chi connectivity index (χ1v) is 9.08. The van der Waals surface area contributed by atoms with Gasteiger partial charge in [-0.1, -0.05) is 6.07 Å². The number of rotatable bonds is 5. The molecule has 0 bridgehead atoms. The predicted octanol–water partition coefficient (Wildman–Crippen LogP) is 4.18. The number of amides is 1. The zero-order valence-electron chi connectivity index (χ0n) is 14.7. The van der Waals surface area contributed by atoms with Crippen LogP contribution in [-0.2, 0) is 0 Å². The van der Waals surface area contributed by atoms with Gasteiger partial charge in [0.1, 0.15) is 11.4 Å². The van der Waals surface area contributed by atoms with E-state index in [4.69, 9.17) is 14.2 Å². The molecule has 0 saturated heterocycles. The lowest BCUT2D eigenvalue weighted by atomic mass is 10.2. The van der Waals surface area contributed by atoms with Gasteiger partial charge in [0.2, 0.25) is 6.79 Å². The molecule has 1 aliphatic heterocycles. The minimum absolute atomic E-state index is 0.225. The molecule has 138 valence electrons. The average Bonchev–Trinajstić information content (AvgIpc) is 3.31. The molecule has 27 heavy (non-hydrogen) atoms. The second-order valence-corrected chi connectivity index (χ2v) is 6.75. The quantitative estimate of drug-likeness (QED) is 0.688. The van der Waals surface area contributed by atoms with Gasteiger partial charge < -0.3 is 24.8 Å². The van der Waals surface area contributed by atoms with E-state index in [2.05, 4.69) is 15.6 Å². The van der Waals surface area contributed by atoms with E-state index in [9.17, 15) is 4.79 Å². The summed E-state index contributed by atoms with van der Waals surface area (Å²) in [7, 11) is 1.57.